The Kier molecular flexibility index (Phi) is 4.81. The van der Waals surface area contributed by atoms with E-state index in [1.165, 1.54) is 6.42 Å². The lowest BCUT2D eigenvalue weighted by molar-refractivity contribution is -0.139. The molecule has 1 aromatic rings. The molecule has 3 heteroatoms. The summed E-state index contributed by atoms with van der Waals surface area (Å²) in [6.07, 6.45) is 3.89. The molecule has 1 fully saturated rings. The predicted octanol–water partition coefficient (Wildman–Crippen LogP) is 2.94. The van der Waals surface area contributed by atoms with Gasteiger partial charge in [-0.1, -0.05) is 50.1 Å². The molecular weight excluding hydrogens is 248 g/mol. The minimum absolute atomic E-state index is 0.121. The van der Waals surface area contributed by atoms with Gasteiger partial charge < -0.3 is 10.6 Å². The number of rotatable bonds is 4. The summed E-state index contributed by atoms with van der Waals surface area (Å²) >= 11 is 0. The molecule has 2 rings (SSSR count). The first kappa shape index (κ1) is 15.0. The van der Waals surface area contributed by atoms with Crippen molar-refractivity contribution < 1.29 is 4.79 Å². The van der Waals surface area contributed by atoms with Crippen LogP contribution in [-0.4, -0.2) is 22.9 Å². The van der Waals surface area contributed by atoms with Crippen molar-refractivity contribution in [3.8, 4) is 0 Å². The van der Waals surface area contributed by atoms with E-state index in [0.717, 1.165) is 24.8 Å². The minimum Gasteiger partial charge on any atom is -0.337 e. The number of benzene rings is 1. The van der Waals surface area contributed by atoms with Gasteiger partial charge in [-0.15, -0.1) is 0 Å². The minimum atomic E-state index is -0.650. The molecule has 0 aliphatic heterocycles. The highest BCUT2D eigenvalue weighted by Crippen LogP contribution is 2.32. The molecule has 1 saturated carbocycles. The van der Waals surface area contributed by atoms with Gasteiger partial charge in [-0.2, -0.15) is 0 Å². The first-order valence-electron chi connectivity index (χ1n) is 7.67. The second kappa shape index (κ2) is 6.40. The summed E-state index contributed by atoms with van der Waals surface area (Å²) in [6.45, 7) is 5.59. The largest absolute Gasteiger partial charge is 0.337 e. The number of nitrogens with two attached hydrogens (primary N) is 1. The molecule has 0 saturated heterocycles. The van der Waals surface area contributed by atoms with Crippen LogP contribution < -0.4 is 5.73 Å². The number of hydrogen-bond acceptors (Lipinski definition) is 2. The third-order valence-electron chi connectivity index (χ3n) is 4.34. The van der Waals surface area contributed by atoms with E-state index in [4.69, 9.17) is 5.73 Å². The first-order chi connectivity index (χ1) is 9.55. The van der Waals surface area contributed by atoms with Crippen molar-refractivity contribution in [3.05, 3.63) is 35.9 Å². The van der Waals surface area contributed by atoms with Crippen molar-refractivity contribution in [2.45, 2.75) is 51.6 Å². The summed E-state index contributed by atoms with van der Waals surface area (Å²) in [5.74, 6) is 0.670. The summed E-state index contributed by atoms with van der Waals surface area (Å²) in [4.78, 5) is 14.7. The summed E-state index contributed by atoms with van der Waals surface area (Å²) in [7, 11) is 0. The number of carbonyl (C=O) groups is 1. The van der Waals surface area contributed by atoms with E-state index in [1.807, 2.05) is 30.0 Å². The van der Waals surface area contributed by atoms with Gasteiger partial charge in [0.15, 0.2) is 0 Å². The maximum absolute atomic E-state index is 12.8. The van der Waals surface area contributed by atoms with Crippen molar-refractivity contribution in [1.82, 2.24) is 4.90 Å². The zero-order valence-electron chi connectivity index (χ0n) is 12.6. The van der Waals surface area contributed by atoms with Gasteiger partial charge in [-0.3, -0.25) is 4.79 Å². The van der Waals surface area contributed by atoms with Crippen LogP contribution in [-0.2, 0) is 11.3 Å². The molecule has 0 radical (unpaired) electrons. The zero-order valence-corrected chi connectivity index (χ0v) is 12.6. The van der Waals surface area contributed by atoms with Gasteiger partial charge in [-0.25, -0.2) is 0 Å². The van der Waals surface area contributed by atoms with Gasteiger partial charge in [0.05, 0.1) is 5.54 Å². The number of amides is 1. The normalized spacial score (nSPS) is 26.2. The van der Waals surface area contributed by atoms with Gasteiger partial charge in [-0.05, 0) is 31.2 Å². The molecule has 0 bridgehead atoms. The summed E-state index contributed by atoms with van der Waals surface area (Å²) in [6, 6.07) is 10.1. The molecule has 0 aromatic heterocycles. The standard InChI is InChI=1S/C17H26N2O/c1-3-19(13-15-9-5-4-6-10-15)16(20)17(18)11-7-8-14(2)12-17/h4-6,9-10,14H,3,7-8,11-13,18H2,1-2H3. The molecule has 110 valence electrons. The highest BCUT2D eigenvalue weighted by molar-refractivity contribution is 5.86. The van der Waals surface area contributed by atoms with Crippen molar-refractivity contribution in [2.75, 3.05) is 6.54 Å². The third kappa shape index (κ3) is 3.40. The van der Waals surface area contributed by atoms with Crippen LogP contribution in [0.5, 0.6) is 0 Å². The molecule has 2 N–H and O–H groups in total. The topological polar surface area (TPSA) is 46.3 Å². The second-order valence-electron chi connectivity index (χ2n) is 6.16. The molecule has 1 aliphatic carbocycles. The van der Waals surface area contributed by atoms with Crippen LogP contribution in [0.25, 0.3) is 0 Å². The van der Waals surface area contributed by atoms with E-state index < -0.39 is 5.54 Å². The van der Waals surface area contributed by atoms with E-state index in [-0.39, 0.29) is 5.91 Å². The van der Waals surface area contributed by atoms with E-state index >= 15 is 0 Å². The molecule has 1 aromatic carbocycles. The maximum Gasteiger partial charge on any atom is 0.242 e. The fraction of sp³-hybridized carbons (Fsp3) is 0.588. The number of hydrogen-bond donors (Lipinski definition) is 1. The van der Waals surface area contributed by atoms with Gasteiger partial charge >= 0.3 is 0 Å². The van der Waals surface area contributed by atoms with Gasteiger partial charge in [0, 0.05) is 13.1 Å². The third-order valence-corrected chi connectivity index (χ3v) is 4.34. The molecular formula is C17H26N2O. The Morgan fingerprint density at radius 3 is 2.70 bits per heavy atom. The van der Waals surface area contributed by atoms with Gasteiger partial charge in [0.2, 0.25) is 5.91 Å². The van der Waals surface area contributed by atoms with Crippen LogP contribution in [0.4, 0.5) is 0 Å². The molecule has 2 unspecified atom stereocenters. The average Bonchev–Trinajstić information content (AvgIpc) is 2.45. The maximum atomic E-state index is 12.8. The summed E-state index contributed by atoms with van der Waals surface area (Å²) in [5.41, 5.74) is 6.94. The van der Waals surface area contributed by atoms with Crippen molar-refractivity contribution >= 4 is 5.91 Å². The van der Waals surface area contributed by atoms with Crippen molar-refractivity contribution in [3.63, 3.8) is 0 Å². The molecule has 2 atom stereocenters. The Labute approximate surface area is 122 Å². The lowest BCUT2D eigenvalue weighted by atomic mass is 9.76. The van der Waals surface area contributed by atoms with E-state index in [0.29, 0.717) is 19.0 Å². The molecule has 0 heterocycles. The highest BCUT2D eigenvalue weighted by Gasteiger charge is 2.40. The van der Waals surface area contributed by atoms with Crippen LogP contribution in [0.15, 0.2) is 30.3 Å². The Bertz CT molecular complexity index is 446. The van der Waals surface area contributed by atoms with Gasteiger partial charge in [0.25, 0.3) is 0 Å². The second-order valence-corrected chi connectivity index (χ2v) is 6.16. The van der Waals surface area contributed by atoms with Crippen LogP contribution in [0.2, 0.25) is 0 Å². The number of nitrogens with zero attached hydrogens (tertiary/aromatic N) is 1. The van der Waals surface area contributed by atoms with Crippen LogP contribution >= 0.6 is 0 Å². The molecule has 1 aliphatic rings. The van der Waals surface area contributed by atoms with E-state index in [1.54, 1.807) is 0 Å². The van der Waals surface area contributed by atoms with E-state index in [9.17, 15) is 4.79 Å². The average molecular weight is 274 g/mol. The monoisotopic (exact) mass is 274 g/mol. The predicted molar refractivity (Wildman–Crippen MR) is 82.1 cm³/mol. The smallest absolute Gasteiger partial charge is 0.242 e. The highest BCUT2D eigenvalue weighted by atomic mass is 16.2. The van der Waals surface area contributed by atoms with Crippen LogP contribution in [0.1, 0.15) is 45.1 Å². The van der Waals surface area contributed by atoms with Crippen LogP contribution in [0.3, 0.4) is 0 Å². The summed E-state index contributed by atoms with van der Waals surface area (Å²) < 4.78 is 0. The lowest BCUT2D eigenvalue weighted by Crippen LogP contribution is -2.57. The zero-order chi connectivity index (χ0) is 14.6. The first-order valence-corrected chi connectivity index (χ1v) is 7.67. The quantitative estimate of drug-likeness (QED) is 0.917. The SMILES string of the molecule is CCN(Cc1ccccc1)C(=O)C1(N)CCCC(C)C1. The Balaban J connectivity index is 2.08. The Morgan fingerprint density at radius 1 is 1.40 bits per heavy atom. The fourth-order valence-electron chi connectivity index (χ4n) is 3.23. The fourth-order valence-corrected chi connectivity index (χ4v) is 3.23. The lowest BCUT2D eigenvalue weighted by Gasteiger charge is -2.39. The van der Waals surface area contributed by atoms with Crippen molar-refractivity contribution in [2.24, 2.45) is 11.7 Å². The van der Waals surface area contributed by atoms with Gasteiger partial charge in [0.1, 0.15) is 0 Å². The molecule has 0 spiro atoms. The van der Waals surface area contributed by atoms with Crippen molar-refractivity contribution in [1.29, 1.82) is 0 Å². The van der Waals surface area contributed by atoms with E-state index in [2.05, 4.69) is 19.1 Å². The summed E-state index contributed by atoms with van der Waals surface area (Å²) in [5, 5.41) is 0. The Morgan fingerprint density at radius 2 is 2.10 bits per heavy atom. The molecule has 3 nitrogen and oxygen atoms in total. The number of carbonyl (C=O) groups excluding carboxylic acids is 1. The number of likely N-dealkylation sites (N-methyl/N-ethyl adjacent to an activating group) is 1. The van der Waals surface area contributed by atoms with Crippen LogP contribution in [0, 0.1) is 5.92 Å². The molecule has 20 heavy (non-hydrogen) atoms. The molecule has 1 amide bonds. The Hall–Kier alpha value is -1.35.